The highest BCUT2D eigenvalue weighted by atomic mass is 15.1. The Labute approximate surface area is 104 Å². The summed E-state index contributed by atoms with van der Waals surface area (Å²) in [6, 6.07) is 14.0. The molecule has 3 aromatic rings. The van der Waals surface area contributed by atoms with Crippen LogP contribution >= 0.6 is 0 Å². The maximum atomic E-state index is 9.36. The van der Waals surface area contributed by atoms with Gasteiger partial charge in [0.05, 0.1) is 24.0 Å². The summed E-state index contributed by atoms with van der Waals surface area (Å²) in [4.78, 5) is 3.22. The minimum Gasteiger partial charge on any atom is -0.356 e. The van der Waals surface area contributed by atoms with Crippen molar-refractivity contribution >= 4 is 10.9 Å². The fourth-order valence-corrected chi connectivity index (χ4v) is 2.03. The molecule has 1 N–H and O–H groups in total. The van der Waals surface area contributed by atoms with E-state index in [0.29, 0.717) is 0 Å². The predicted molar refractivity (Wildman–Crippen MR) is 67.8 cm³/mol. The number of hydrogen-bond acceptors (Lipinski definition) is 3. The van der Waals surface area contributed by atoms with Crippen molar-refractivity contribution in [3.05, 3.63) is 60.0 Å². The first-order valence-corrected chi connectivity index (χ1v) is 5.62. The van der Waals surface area contributed by atoms with Crippen LogP contribution in [0.1, 0.15) is 17.2 Å². The highest BCUT2D eigenvalue weighted by Crippen LogP contribution is 2.25. The number of nitrogens with zero attached hydrogens (tertiary/aromatic N) is 3. The average molecular weight is 234 g/mol. The first-order valence-electron chi connectivity index (χ1n) is 5.62. The number of rotatable bonds is 2. The number of aromatic nitrogens is 3. The van der Waals surface area contributed by atoms with Gasteiger partial charge in [0.15, 0.2) is 0 Å². The van der Waals surface area contributed by atoms with Crippen LogP contribution in [0.4, 0.5) is 0 Å². The first kappa shape index (κ1) is 10.5. The molecule has 0 spiro atoms. The van der Waals surface area contributed by atoms with Gasteiger partial charge in [-0.05, 0) is 11.6 Å². The van der Waals surface area contributed by atoms with Gasteiger partial charge in [-0.15, -0.1) is 0 Å². The lowest BCUT2D eigenvalue weighted by Crippen LogP contribution is -1.97. The lowest BCUT2D eigenvalue weighted by Gasteiger charge is -2.06. The van der Waals surface area contributed by atoms with Gasteiger partial charge in [0.25, 0.3) is 0 Å². The molecule has 0 aliphatic rings. The van der Waals surface area contributed by atoms with E-state index in [1.54, 1.807) is 12.4 Å². The maximum absolute atomic E-state index is 9.36. The minimum absolute atomic E-state index is 0.293. The molecule has 0 aliphatic carbocycles. The molecule has 1 unspecified atom stereocenters. The second-order valence-corrected chi connectivity index (χ2v) is 4.06. The van der Waals surface area contributed by atoms with Crippen molar-refractivity contribution in [3.8, 4) is 6.07 Å². The summed E-state index contributed by atoms with van der Waals surface area (Å²) in [7, 11) is 0. The summed E-state index contributed by atoms with van der Waals surface area (Å²) in [5, 5.41) is 18.0. The Morgan fingerprint density at radius 2 is 1.89 bits per heavy atom. The smallest absolute Gasteiger partial charge is 0.111 e. The molecule has 3 rings (SSSR count). The lowest BCUT2D eigenvalue weighted by atomic mass is 9.97. The van der Waals surface area contributed by atoms with E-state index in [0.717, 1.165) is 22.2 Å². The number of benzene rings is 1. The van der Waals surface area contributed by atoms with Gasteiger partial charge in [0, 0.05) is 11.1 Å². The van der Waals surface area contributed by atoms with Gasteiger partial charge in [-0.1, -0.05) is 30.3 Å². The molecule has 0 bridgehead atoms. The molecule has 1 aromatic carbocycles. The van der Waals surface area contributed by atoms with Crippen molar-refractivity contribution in [2.75, 3.05) is 0 Å². The monoisotopic (exact) mass is 234 g/mol. The number of fused-ring (bicyclic) bond motifs is 1. The number of hydrogen-bond donors (Lipinski definition) is 1. The van der Waals surface area contributed by atoms with Crippen LogP contribution in [0.5, 0.6) is 0 Å². The van der Waals surface area contributed by atoms with Crippen molar-refractivity contribution in [2.24, 2.45) is 0 Å². The normalized spacial score (nSPS) is 12.2. The summed E-state index contributed by atoms with van der Waals surface area (Å²) in [6.45, 7) is 0. The first-order chi connectivity index (χ1) is 8.88. The highest BCUT2D eigenvalue weighted by molar-refractivity contribution is 5.78. The third-order valence-corrected chi connectivity index (χ3v) is 2.92. The molecule has 2 aromatic heterocycles. The molecule has 1 atom stereocenters. The molecule has 0 radical (unpaired) electrons. The molecule has 0 fully saturated rings. The average Bonchev–Trinajstić information content (AvgIpc) is 2.84. The third-order valence-electron chi connectivity index (χ3n) is 2.92. The second kappa shape index (κ2) is 4.30. The molecule has 2 heterocycles. The number of aromatic amines is 1. The van der Waals surface area contributed by atoms with Gasteiger partial charge >= 0.3 is 0 Å². The van der Waals surface area contributed by atoms with Gasteiger partial charge in [-0.2, -0.15) is 15.5 Å². The van der Waals surface area contributed by atoms with Crippen LogP contribution in [0.25, 0.3) is 10.9 Å². The van der Waals surface area contributed by atoms with Gasteiger partial charge in [-0.3, -0.25) is 0 Å². The summed E-state index contributed by atoms with van der Waals surface area (Å²) in [6.07, 6.45) is 3.35. The summed E-state index contributed by atoms with van der Waals surface area (Å²) in [5.41, 5.74) is 2.75. The molecule has 4 heteroatoms. The van der Waals surface area contributed by atoms with E-state index >= 15 is 0 Å². The molecule has 0 aliphatic heterocycles. The number of H-pyrrole nitrogens is 1. The number of nitriles is 1. The van der Waals surface area contributed by atoms with E-state index in [9.17, 15) is 5.26 Å². The Kier molecular flexibility index (Phi) is 2.50. The largest absolute Gasteiger partial charge is 0.356 e. The van der Waals surface area contributed by atoms with Crippen LogP contribution in [-0.2, 0) is 0 Å². The zero-order valence-electron chi connectivity index (χ0n) is 9.54. The number of nitrogens with one attached hydrogen (secondary N) is 1. The van der Waals surface area contributed by atoms with Crippen LogP contribution < -0.4 is 0 Å². The Hall–Kier alpha value is -2.67. The molecule has 18 heavy (non-hydrogen) atoms. The quantitative estimate of drug-likeness (QED) is 0.741. The fourth-order valence-electron chi connectivity index (χ4n) is 2.03. The highest BCUT2D eigenvalue weighted by Gasteiger charge is 2.15. The zero-order chi connectivity index (χ0) is 12.4. The molecule has 4 nitrogen and oxygen atoms in total. The Bertz CT molecular complexity index is 676. The van der Waals surface area contributed by atoms with Crippen LogP contribution in [0.3, 0.4) is 0 Å². The minimum atomic E-state index is -0.293. The molecule has 86 valence electrons. The van der Waals surface area contributed by atoms with Crippen LogP contribution in [0, 0.1) is 11.3 Å². The molecular weight excluding hydrogens is 224 g/mol. The van der Waals surface area contributed by atoms with E-state index in [2.05, 4.69) is 21.3 Å². The third kappa shape index (κ3) is 1.72. The van der Waals surface area contributed by atoms with E-state index in [1.807, 2.05) is 36.4 Å². The molecular formula is C14H10N4. The predicted octanol–water partition coefficient (Wildman–Crippen LogP) is 2.61. The Morgan fingerprint density at radius 3 is 2.61 bits per heavy atom. The molecule has 0 amide bonds. The Morgan fingerprint density at radius 1 is 1.11 bits per heavy atom. The van der Waals surface area contributed by atoms with Gasteiger partial charge in [-0.25, -0.2) is 0 Å². The SMILES string of the molecule is N#CC(c1ccccc1)c1cc2cnncc2[nH]1. The second-order valence-electron chi connectivity index (χ2n) is 4.06. The van der Waals surface area contributed by atoms with Crippen molar-refractivity contribution in [1.82, 2.24) is 15.2 Å². The molecule has 0 saturated carbocycles. The summed E-state index contributed by atoms with van der Waals surface area (Å²) < 4.78 is 0. The van der Waals surface area contributed by atoms with Crippen LogP contribution in [0.15, 0.2) is 48.8 Å². The summed E-state index contributed by atoms with van der Waals surface area (Å²) >= 11 is 0. The Balaban J connectivity index is 2.10. The van der Waals surface area contributed by atoms with Gasteiger partial charge in [0.1, 0.15) is 5.92 Å². The van der Waals surface area contributed by atoms with Crippen LogP contribution in [-0.4, -0.2) is 15.2 Å². The standard InChI is InChI=1S/C14H10N4/c15-7-12(10-4-2-1-3-5-10)13-6-11-8-16-17-9-14(11)18-13/h1-6,8-9,12,18H. The van der Waals surface area contributed by atoms with E-state index in [4.69, 9.17) is 0 Å². The van der Waals surface area contributed by atoms with Crippen LogP contribution in [0.2, 0.25) is 0 Å². The van der Waals surface area contributed by atoms with Gasteiger partial charge < -0.3 is 4.98 Å². The van der Waals surface area contributed by atoms with Crippen molar-refractivity contribution in [2.45, 2.75) is 5.92 Å². The summed E-state index contributed by atoms with van der Waals surface area (Å²) in [5.74, 6) is -0.293. The van der Waals surface area contributed by atoms with Crippen molar-refractivity contribution < 1.29 is 0 Å². The van der Waals surface area contributed by atoms with Gasteiger partial charge in [0.2, 0.25) is 0 Å². The van der Waals surface area contributed by atoms with Crippen molar-refractivity contribution in [3.63, 3.8) is 0 Å². The molecule has 0 saturated heterocycles. The topological polar surface area (TPSA) is 65.4 Å². The lowest BCUT2D eigenvalue weighted by molar-refractivity contribution is 0.989. The van der Waals surface area contributed by atoms with Crippen molar-refractivity contribution in [1.29, 1.82) is 5.26 Å². The maximum Gasteiger partial charge on any atom is 0.111 e. The fraction of sp³-hybridized carbons (Fsp3) is 0.0714. The van der Waals surface area contributed by atoms with E-state index in [1.165, 1.54) is 0 Å². The van der Waals surface area contributed by atoms with E-state index < -0.39 is 0 Å². The zero-order valence-corrected chi connectivity index (χ0v) is 9.54. The van der Waals surface area contributed by atoms with E-state index in [-0.39, 0.29) is 5.92 Å².